The first-order valence-electron chi connectivity index (χ1n) is 11.3. The number of thiazole rings is 1. The number of rotatable bonds is 5. The summed E-state index contributed by atoms with van der Waals surface area (Å²) in [5.74, 6) is 0.241. The first-order chi connectivity index (χ1) is 16.0. The summed E-state index contributed by atoms with van der Waals surface area (Å²) in [6.45, 7) is 3.72. The molecule has 5 rings (SSSR count). The smallest absolute Gasteiger partial charge is 0.268 e. The van der Waals surface area contributed by atoms with Crippen LogP contribution in [0.2, 0.25) is 0 Å². The van der Waals surface area contributed by atoms with Gasteiger partial charge in [-0.15, -0.1) is 11.3 Å². The summed E-state index contributed by atoms with van der Waals surface area (Å²) in [5, 5.41) is 3.92. The Hall–Kier alpha value is -3.26. The molecule has 3 aromatic rings. The number of aromatic nitrogens is 2. The number of hydrogen-bond donors (Lipinski definition) is 1. The van der Waals surface area contributed by atoms with Gasteiger partial charge in [0.2, 0.25) is 5.91 Å². The van der Waals surface area contributed by atoms with Crippen molar-refractivity contribution in [2.45, 2.75) is 51.7 Å². The van der Waals surface area contributed by atoms with Crippen molar-refractivity contribution >= 4 is 28.8 Å². The fourth-order valence-corrected chi connectivity index (χ4v) is 5.38. The minimum Gasteiger partial charge on any atom is -0.479 e. The van der Waals surface area contributed by atoms with E-state index < -0.39 is 6.10 Å². The second kappa shape index (κ2) is 8.94. The van der Waals surface area contributed by atoms with Crippen LogP contribution in [0.5, 0.6) is 5.75 Å². The van der Waals surface area contributed by atoms with Crippen LogP contribution in [0.15, 0.2) is 42.6 Å². The number of nitrogens with zero attached hydrogens (tertiary/aromatic N) is 3. The highest BCUT2D eigenvalue weighted by atomic mass is 32.1. The van der Waals surface area contributed by atoms with Gasteiger partial charge in [0.1, 0.15) is 17.3 Å². The van der Waals surface area contributed by atoms with Crippen molar-refractivity contribution < 1.29 is 14.3 Å². The number of hydrogen-bond acceptors (Lipinski definition) is 6. The van der Waals surface area contributed by atoms with Crippen LogP contribution >= 0.6 is 11.3 Å². The van der Waals surface area contributed by atoms with E-state index in [9.17, 15) is 9.59 Å². The Morgan fingerprint density at radius 1 is 1.24 bits per heavy atom. The van der Waals surface area contributed by atoms with Crippen molar-refractivity contribution in [2.24, 2.45) is 0 Å². The largest absolute Gasteiger partial charge is 0.479 e. The maximum atomic E-state index is 13.0. The highest BCUT2D eigenvalue weighted by Gasteiger charge is 2.33. The monoisotopic (exact) mass is 462 g/mol. The van der Waals surface area contributed by atoms with E-state index in [-0.39, 0.29) is 24.4 Å². The number of fused-ring (bicyclic) bond motifs is 1. The zero-order valence-electron chi connectivity index (χ0n) is 18.7. The van der Waals surface area contributed by atoms with Gasteiger partial charge in [0, 0.05) is 22.7 Å². The molecule has 2 aliphatic rings. The molecule has 1 aliphatic heterocycles. The molecule has 1 saturated carbocycles. The molecule has 1 atom stereocenters. The van der Waals surface area contributed by atoms with Gasteiger partial charge >= 0.3 is 0 Å². The van der Waals surface area contributed by atoms with Crippen molar-refractivity contribution in [3.8, 4) is 27.7 Å². The molecule has 0 spiro atoms. The lowest BCUT2D eigenvalue weighted by molar-refractivity contribution is -0.128. The number of amides is 2. The van der Waals surface area contributed by atoms with Gasteiger partial charge in [-0.2, -0.15) is 0 Å². The number of carbonyl (C=O) groups excluding carboxylic acids is 2. The van der Waals surface area contributed by atoms with E-state index >= 15 is 0 Å². The molecule has 7 nitrogen and oxygen atoms in total. The molecule has 0 bridgehead atoms. The van der Waals surface area contributed by atoms with E-state index in [1.165, 1.54) is 0 Å². The normalized spacial score (nSPS) is 18.2. The maximum Gasteiger partial charge on any atom is 0.268 e. The summed E-state index contributed by atoms with van der Waals surface area (Å²) in [5.41, 5.74) is 3.14. The average Bonchev–Trinajstić information content (AvgIpc) is 3.47. The van der Waals surface area contributed by atoms with E-state index in [2.05, 4.69) is 10.3 Å². The average molecular weight is 463 g/mol. The second-order valence-corrected chi connectivity index (χ2v) is 9.76. The van der Waals surface area contributed by atoms with Gasteiger partial charge < -0.3 is 10.1 Å². The first-order valence-corrected chi connectivity index (χ1v) is 12.1. The van der Waals surface area contributed by atoms with Crippen LogP contribution in [0, 0.1) is 6.92 Å². The zero-order valence-corrected chi connectivity index (χ0v) is 19.5. The second-order valence-electron chi connectivity index (χ2n) is 8.55. The van der Waals surface area contributed by atoms with Gasteiger partial charge in [-0.05, 0) is 57.0 Å². The van der Waals surface area contributed by atoms with Crippen LogP contribution in [0.3, 0.4) is 0 Å². The van der Waals surface area contributed by atoms with E-state index in [0.29, 0.717) is 11.4 Å². The summed E-state index contributed by atoms with van der Waals surface area (Å²) in [7, 11) is 0. The SMILES string of the molecule is Cc1sc(-c2ccccn2)nc1-c1ccc2c(c1)N(CC(=O)NC1CCCC1)C(=O)C(C)O2. The Morgan fingerprint density at radius 2 is 2.06 bits per heavy atom. The van der Waals surface area contributed by atoms with Crippen molar-refractivity contribution in [1.82, 2.24) is 15.3 Å². The Morgan fingerprint density at radius 3 is 2.82 bits per heavy atom. The van der Waals surface area contributed by atoms with Crippen LogP contribution in [-0.4, -0.2) is 40.5 Å². The number of anilines is 1. The summed E-state index contributed by atoms with van der Waals surface area (Å²) in [6.07, 6.45) is 5.39. The van der Waals surface area contributed by atoms with Gasteiger partial charge in [0.25, 0.3) is 5.91 Å². The molecule has 170 valence electrons. The molecule has 2 aromatic heterocycles. The van der Waals surface area contributed by atoms with Crippen LogP contribution in [0.4, 0.5) is 5.69 Å². The van der Waals surface area contributed by atoms with E-state index in [1.54, 1.807) is 29.4 Å². The minimum absolute atomic E-state index is 0.0191. The summed E-state index contributed by atoms with van der Waals surface area (Å²) >= 11 is 1.58. The summed E-state index contributed by atoms with van der Waals surface area (Å²) in [6, 6.07) is 11.7. The molecule has 0 radical (unpaired) electrons. The van der Waals surface area contributed by atoms with Crippen LogP contribution in [0.25, 0.3) is 22.0 Å². The van der Waals surface area contributed by atoms with Crippen LogP contribution < -0.4 is 15.0 Å². The number of ether oxygens (including phenoxy) is 1. The highest BCUT2D eigenvalue weighted by molar-refractivity contribution is 7.15. The van der Waals surface area contributed by atoms with Gasteiger partial charge in [0.05, 0.1) is 17.1 Å². The maximum absolute atomic E-state index is 13.0. The first kappa shape index (κ1) is 21.6. The van der Waals surface area contributed by atoms with E-state index in [0.717, 1.165) is 52.5 Å². The lowest BCUT2D eigenvalue weighted by Crippen LogP contribution is -2.49. The van der Waals surface area contributed by atoms with Crippen molar-refractivity contribution in [3.63, 3.8) is 0 Å². The standard InChI is InChI=1S/C25H26N4O3S/c1-15-25(31)29(14-22(30)27-18-7-3-4-8-18)20-13-17(10-11-21(20)32-15)23-16(2)33-24(28-23)19-9-5-6-12-26-19/h5-6,9-13,15,18H,3-4,7-8,14H2,1-2H3,(H,27,30). The quantitative estimate of drug-likeness (QED) is 0.609. The number of benzene rings is 1. The molecule has 1 N–H and O–H groups in total. The van der Waals surface area contributed by atoms with Gasteiger partial charge in [-0.25, -0.2) is 4.98 Å². The highest BCUT2D eigenvalue weighted by Crippen LogP contribution is 2.39. The molecule has 1 aliphatic carbocycles. The molecule has 2 amide bonds. The van der Waals surface area contributed by atoms with Crippen LogP contribution in [-0.2, 0) is 9.59 Å². The predicted octanol–water partition coefficient (Wildman–Crippen LogP) is 4.35. The molecule has 8 heteroatoms. The molecule has 3 heterocycles. The minimum atomic E-state index is -0.639. The van der Waals surface area contributed by atoms with Gasteiger partial charge in [-0.3, -0.25) is 19.5 Å². The molecular weight excluding hydrogens is 436 g/mol. The molecule has 1 aromatic carbocycles. The Bertz CT molecular complexity index is 1190. The molecule has 0 saturated heterocycles. The summed E-state index contributed by atoms with van der Waals surface area (Å²) in [4.78, 5) is 37.5. The predicted molar refractivity (Wildman–Crippen MR) is 128 cm³/mol. The third-order valence-electron chi connectivity index (χ3n) is 6.14. The van der Waals surface area contributed by atoms with Crippen molar-refractivity contribution in [2.75, 3.05) is 11.4 Å². The van der Waals surface area contributed by atoms with Gasteiger partial charge in [0.15, 0.2) is 6.10 Å². The third-order valence-corrected chi connectivity index (χ3v) is 7.14. The van der Waals surface area contributed by atoms with E-state index in [1.807, 2.05) is 43.3 Å². The Balaban J connectivity index is 1.45. The third kappa shape index (κ3) is 4.35. The van der Waals surface area contributed by atoms with Crippen molar-refractivity contribution in [3.05, 3.63) is 47.5 Å². The van der Waals surface area contributed by atoms with Crippen molar-refractivity contribution in [1.29, 1.82) is 0 Å². The number of carbonyl (C=O) groups is 2. The lowest BCUT2D eigenvalue weighted by Gasteiger charge is -2.33. The number of pyridine rings is 1. The molecule has 1 unspecified atom stereocenters. The number of aryl methyl sites for hydroxylation is 1. The Kier molecular flexibility index (Phi) is 5.85. The van der Waals surface area contributed by atoms with E-state index in [4.69, 9.17) is 9.72 Å². The summed E-state index contributed by atoms with van der Waals surface area (Å²) < 4.78 is 5.83. The lowest BCUT2D eigenvalue weighted by atomic mass is 10.1. The fraction of sp³-hybridized carbons (Fsp3) is 0.360. The Labute approximate surface area is 196 Å². The van der Waals surface area contributed by atoms with Crippen LogP contribution in [0.1, 0.15) is 37.5 Å². The number of nitrogens with one attached hydrogen (secondary N) is 1. The van der Waals surface area contributed by atoms with Gasteiger partial charge in [-0.1, -0.05) is 18.9 Å². The molecule has 1 fully saturated rings. The molecular formula is C25H26N4O3S. The molecule has 33 heavy (non-hydrogen) atoms. The topological polar surface area (TPSA) is 84.4 Å². The fourth-order valence-electron chi connectivity index (χ4n) is 4.47. The zero-order chi connectivity index (χ0) is 22.9.